The normalized spacial score (nSPS) is 12.9. The number of aromatic nitrogens is 1. The summed E-state index contributed by atoms with van der Waals surface area (Å²) in [6.45, 7) is 3.81. The first kappa shape index (κ1) is 10.7. The molecular formula is C13H15NO2. The minimum atomic E-state index is -0.791. The standard InChI is InChI=1S/C13H15NO2/c1-3-9-4-5-10-11(8(2)13(15)16)7-14-12(10)6-9/h4-8,14H,3H2,1-2H3,(H,15,16). The van der Waals surface area contributed by atoms with Gasteiger partial charge >= 0.3 is 5.97 Å². The van der Waals surface area contributed by atoms with E-state index in [9.17, 15) is 4.79 Å². The summed E-state index contributed by atoms with van der Waals surface area (Å²) >= 11 is 0. The van der Waals surface area contributed by atoms with Gasteiger partial charge in [-0.3, -0.25) is 4.79 Å². The predicted octanol–water partition coefficient (Wildman–Crippen LogP) is 2.92. The molecule has 2 N–H and O–H groups in total. The number of aliphatic carboxylic acids is 1. The van der Waals surface area contributed by atoms with Gasteiger partial charge in [-0.2, -0.15) is 0 Å². The van der Waals surface area contributed by atoms with Crippen molar-refractivity contribution >= 4 is 16.9 Å². The molecule has 0 radical (unpaired) electrons. The van der Waals surface area contributed by atoms with Crippen molar-refractivity contribution in [3.05, 3.63) is 35.5 Å². The van der Waals surface area contributed by atoms with Gasteiger partial charge in [-0.25, -0.2) is 0 Å². The maximum atomic E-state index is 11.0. The molecule has 0 aliphatic rings. The number of carboxylic acid groups (broad SMARTS) is 1. The van der Waals surface area contributed by atoms with Gasteiger partial charge in [0.1, 0.15) is 0 Å². The van der Waals surface area contributed by atoms with Gasteiger partial charge in [0.2, 0.25) is 0 Å². The Kier molecular flexibility index (Phi) is 2.69. The van der Waals surface area contributed by atoms with Crippen LogP contribution >= 0.6 is 0 Å². The third-order valence-electron chi connectivity index (χ3n) is 3.02. The van der Waals surface area contributed by atoms with E-state index < -0.39 is 11.9 Å². The lowest BCUT2D eigenvalue weighted by Gasteiger charge is -2.04. The van der Waals surface area contributed by atoms with Crippen LogP contribution in [0.1, 0.15) is 30.9 Å². The van der Waals surface area contributed by atoms with E-state index in [4.69, 9.17) is 5.11 Å². The number of nitrogens with one attached hydrogen (secondary N) is 1. The van der Waals surface area contributed by atoms with E-state index in [1.807, 2.05) is 12.1 Å². The van der Waals surface area contributed by atoms with Crippen molar-refractivity contribution in [3.63, 3.8) is 0 Å². The average Bonchev–Trinajstić information content (AvgIpc) is 2.70. The first-order chi connectivity index (χ1) is 7.63. The second-order valence-corrected chi connectivity index (χ2v) is 4.04. The topological polar surface area (TPSA) is 53.1 Å². The van der Waals surface area contributed by atoms with Crippen LogP contribution in [0.2, 0.25) is 0 Å². The first-order valence-electron chi connectivity index (χ1n) is 5.46. The highest BCUT2D eigenvalue weighted by molar-refractivity contribution is 5.89. The zero-order valence-electron chi connectivity index (χ0n) is 9.45. The second-order valence-electron chi connectivity index (χ2n) is 4.04. The van der Waals surface area contributed by atoms with Crippen molar-refractivity contribution < 1.29 is 9.90 Å². The quantitative estimate of drug-likeness (QED) is 0.830. The fourth-order valence-corrected chi connectivity index (χ4v) is 1.91. The van der Waals surface area contributed by atoms with Crippen LogP contribution in [0.25, 0.3) is 10.9 Å². The fraction of sp³-hybridized carbons (Fsp3) is 0.308. The SMILES string of the molecule is CCc1ccc2c(C(C)C(=O)O)c[nH]c2c1. The van der Waals surface area contributed by atoms with Crippen molar-refractivity contribution in [1.29, 1.82) is 0 Å². The Morgan fingerprint density at radius 3 is 2.88 bits per heavy atom. The smallest absolute Gasteiger partial charge is 0.310 e. The summed E-state index contributed by atoms with van der Waals surface area (Å²) in [7, 11) is 0. The molecule has 3 heteroatoms. The van der Waals surface area contributed by atoms with E-state index in [1.165, 1.54) is 5.56 Å². The van der Waals surface area contributed by atoms with Crippen molar-refractivity contribution in [1.82, 2.24) is 4.98 Å². The van der Waals surface area contributed by atoms with E-state index in [0.29, 0.717) is 0 Å². The number of aryl methyl sites for hydroxylation is 1. The second kappa shape index (κ2) is 4.00. The summed E-state index contributed by atoms with van der Waals surface area (Å²) in [4.78, 5) is 14.1. The van der Waals surface area contributed by atoms with Gasteiger partial charge in [-0.1, -0.05) is 19.1 Å². The Hall–Kier alpha value is -1.77. The van der Waals surface area contributed by atoms with Crippen LogP contribution in [0, 0.1) is 0 Å². The largest absolute Gasteiger partial charge is 0.481 e. The molecule has 0 saturated heterocycles. The van der Waals surface area contributed by atoms with E-state index in [1.54, 1.807) is 13.1 Å². The Balaban J connectivity index is 2.53. The van der Waals surface area contributed by atoms with Crippen LogP contribution in [0.4, 0.5) is 0 Å². The minimum absolute atomic E-state index is 0.471. The fourth-order valence-electron chi connectivity index (χ4n) is 1.91. The molecule has 84 valence electrons. The molecule has 0 spiro atoms. The lowest BCUT2D eigenvalue weighted by molar-refractivity contribution is -0.138. The Bertz CT molecular complexity index is 528. The molecule has 1 aromatic carbocycles. The molecule has 1 atom stereocenters. The molecule has 0 amide bonds. The zero-order valence-corrected chi connectivity index (χ0v) is 9.45. The van der Waals surface area contributed by atoms with Crippen LogP contribution in [-0.4, -0.2) is 16.1 Å². The van der Waals surface area contributed by atoms with Crippen LogP contribution in [0.5, 0.6) is 0 Å². The van der Waals surface area contributed by atoms with Crippen LogP contribution < -0.4 is 0 Å². The lowest BCUT2D eigenvalue weighted by Crippen LogP contribution is -2.06. The molecule has 1 heterocycles. The summed E-state index contributed by atoms with van der Waals surface area (Å²) in [5, 5.41) is 10.0. The molecule has 1 unspecified atom stereocenters. The van der Waals surface area contributed by atoms with Gasteiger partial charge in [0.15, 0.2) is 0 Å². The molecule has 1 aromatic heterocycles. The van der Waals surface area contributed by atoms with Crippen LogP contribution in [-0.2, 0) is 11.2 Å². The summed E-state index contributed by atoms with van der Waals surface area (Å²) in [6, 6.07) is 6.13. The molecule has 16 heavy (non-hydrogen) atoms. The maximum absolute atomic E-state index is 11.0. The van der Waals surface area contributed by atoms with E-state index in [0.717, 1.165) is 22.9 Å². The van der Waals surface area contributed by atoms with E-state index in [2.05, 4.69) is 18.0 Å². The maximum Gasteiger partial charge on any atom is 0.310 e. The molecule has 0 bridgehead atoms. The number of carboxylic acids is 1. The van der Waals surface area contributed by atoms with Crippen LogP contribution in [0.3, 0.4) is 0 Å². The van der Waals surface area contributed by atoms with Crippen LogP contribution in [0.15, 0.2) is 24.4 Å². The van der Waals surface area contributed by atoms with Crippen molar-refractivity contribution in [2.24, 2.45) is 0 Å². The molecular weight excluding hydrogens is 202 g/mol. The van der Waals surface area contributed by atoms with Crippen molar-refractivity contribution in [3.8, 4) is 0 Å². The lowest BCUT2D eigenvalue weighted by atomic mass is 10.00. The third-order valence-corrected chi connectivity index (χ3v) is 3.02. The number of rotatable bonds is 3. The summed E-state index contributed by atoms with van der Waals surface area (Å²) in [5.74, 6) is -1.26. The summed E-state index contributed by atoms with van der Waals surface area (Å²) < 4.78 is 0. The highest BCUT2D eigenvalue weighted by Crippen LogP contribution is 2.26. The Labute approximate surface area is 94.1 Å². The average molecular weight is 217 g/mol. The number of carbonyl (C=O) groups is 1. The van der Waals surface area contributed by atoms with Gasteiger partial charge < -0.3 is 10.1 Å². The third kappa shape index (κ3) is 1.69. The van der Waals surface area contributed by atoms with Crippen molar-refractivity contribution in [2.45, 2.75) is 26.2 Å². The minimum Gasteiger partial charge on any atom is -0.481 e. The summed E-state index contributed by atoms with van der Waals surface area (Å²) in [6.07, 6.45) is 2.78. The number of hydrogen-bond donors (Lipinski definition) is 2. The van der Waals surface area contributed by atoms with Gasteiger partial charge in [-0.15, -0.1) is 0 Å². The molecule has 2 rings (SSSR count). The Morgan fingerprint density at radius 2 is 2.25 bits per heavy atom. The van der Waals surface area contributed by atoms with Gasteiger partial charge in [0, 0.05) is 17.1 Å². The molecule has 0 fully saturated rings. The first-order valence-corrected chi connectivity index (χ1v) is 5.46. The van der Waals surface area contributed by atoms with Crippen molar-refractivity contribution in [2.75, 3.05) is 0 Å². The molecule has 0 aliphatic carbocycles. The van der Waals surface area contributed by atoms with E-state index in [-0.39, 0.29) is 0 Å². The van der Waals surface area contributed by atoms with Gasteiger partial charge in [-0.05, 0) is 30.5 Å². The predicted molar refractivity (Wildman–Crippen MR) is 63.7 cm³/mol. The Morgan fingerprint density at radius 1 is 1.50 bits per heavy atom. The highest BCUT2D eigenvalue weighted by Gasteiger charge is 2.17. The molecule has 2 aromatic rings. The molecule has 3 nitrogen and oxygen atoms in total. The van der Waals surface area contributed by atoms with E-state index >= 15 is 0 Å². The monoisotopic (exact) mass is 217 g/mol. The molecule has 0 aliphatic heterocycles. The zero-order chi connectivity index (χ0) is 11.7. The number of hydrogen-bond acceptors (Lipinski definition) is 1. The number of benzene rings is 1. The summed E-state index contributed by atoms with van der Waals surface area (Å²) in [5.41, 5.74) is 3.12. The van der Waals surface area contributed by atoms with Gasteiger partial charge in [0.25, 0.3) is 0 Å². The molecule has 0 saturated carbocycles. The highest BCUT2D eigenvalue weighted by atomic mass is 16.4. The number of aromatic amines is 1. The number of fused-ring (bicyclic) bond motifs is 1. The number of H-pyrrole nitrogens is 1. The van der Waals surface area contributed by atoms with Gasteiger partial charge in [0.05, 0.1) is 5.92 Å².